The first kappa shape index (κ1) is 7.93. The van der Waals surface area contributed by atoms with Crippen molar-refractivity contribution in [2.45, 2.75) is 19.3 Å². The van der Waals surface area contributed by atoms with E-state index in [2.05, 4.69) is 11.8 Å². The number of aliphatic hydroxyl groups is 1. The topological polar surface area (TPSA) is 20.2 Å². The second-order valence-corrected chi connectivity index (χ2v) is 4.96. The quantitative estimate of drug-likeness (QED) is 0.700. The van der Waals surface area contributed by atoms with E-state index < -0.39 is 0 Å². The van der Waals surface area contributed by atoms with Crippen LogP contribution < -0.4 is 0 Å². The maximum absolute atomic E-state index is 9.19. The summed E-state index contributed by atoms with van der Waals surface area (Å²) in [7, 11) is 0. The Hall–Kier alpha value is 0.310. The Labute approximate surface area is 72.6 Å². The molecule has 0 spiro atoms. The summed E-state index contributed by atoms with van der Waals surface area (Å²) in [6, 6.07) is 0. The fourth-order valence-electron chi connectivity index (χ4n) is 2.10. The molecule has 1 saturated carbocycles. The van der Waals surface area contributed by atoms with Crippen LogP contribution in [0.5, 0.6) is 0 Å². The molecule has 2 unspecified atom stereocenters. The van der Waals surface area contributed by atoms with Crippen molar-refractivity contribution in [3.8, 4) is 0 Å². The summed E-state index contributed by atoms with van der Waals surface area (Å²) >= 11 is 2.06. The van der Waals surface area contributed by atoms with E-state index in [1.165, 1.54) is 30.8 Å². The zero-order chi connectivity index (χ0) is 7.68. The summed E-state index contributed by atoms with van der Waals surface area (Å²) in [5, 5.41) is 9.19. The summed E-state index contributed by atoms with van der Waals surface area (Å²) in [6.45, 7) is 0.440. The molecule has 1 aliphatic carbocycles. The van der Waals surface area contributed by atoms with E-state index >= 15 is 0 Å². The number of thioether (sulfide) groups is 1. The third-order valence-corrected chi connectivity index (χ3v) is 4.20. The fourth-order valence-corrected chi connectivity index (χ4v) is 3.45. The largest absolute Gasteiger partial charge is 0.396 e. The van der Waals surface area contributed by atoms with Gasteiger partial charge in [-0.05, 0) is 48.5 Å². The Bertz CT molecular complexity index is 128. The first-order chi connectivity index (χ1) is 5.42. The molecule has 1 saturated heterocycles. The Morgan fingerprint density at radius 3 is 2.55 bits per heavy atom. The van der Waals surface area contributed by atoms with Crippen LogP contribution >= 0.6 is 11.8 Å². The number of rotatable bonds is 3. The van der Waals surface area contributed by atoms with Crippen LogP contribution in [0.25, 0.3) is 0 Å². The summed E-state index contributed by atoms with van der Waals surface area (Å²) in [6.07, 6.45) is 4.12. The van der Waals surface area contributed by atoms with Crippen LogP contribution in [-0.4, -0.2) is 23.2 Å². The molecule has 2 heteroatoms. The molecule has 0 radical (unpaired) electrons. The second-order valence-electron chi connectivity index (χ2n) is 3.81. The van der Waals surface area contributed by atoms with E-state index in [0.717, 1.165) is 11.8 Å². The van der Waals surface area contributed by atoms with Gasteiger partial charge in [0.2, 0.25) is 0 Å². The van der Waals surface area contributed by atoms with E-state index in [0.29, 0.717) is 12.5 Å². The SMILES string of the molecule is OCC(C1CC1)C1CCSC1. The molecule has 1 heterocycles. The molecule has 0 amide bonds. The van der Waals surface area contributed by atoms with Crippen molar-refractivity contribution < 1.29 is 5.11 Å². The van der Waals surface area contributed by atoms with Crippen molar-refractivity contribution >= 4 is 11.8 Å². The van der Waals surface area contributed by atoms with Gasteiger partial charge in [-0.25, -0.2) is 0 Å². The molecule has 1 aliphatic heterocycles. The second kappa shape index (κ2) is 3.36. The van der Waals surface area contributed by atoms with Crippen LogP contribution in [-0.2, 0) is 0 Å². The molecule has 0 aromatic rings. The molecule has 1 N–H and O–H groups in total. The predicted octanol–water partition coefficient (Wildman–Crippen LogP) is 1.76. The fraction of sp³-hybridized carbons (Fsp3) is 1.00. The minimum atomic E-state index is 0.440. The third kappa shape index (κ3) is 1.73. The highest BCUT2D eigenvalue weighted by Gasteiger charge is 2.37. The normalized spacial score (nSPS) is 34.1. The standard InChI is InChI=1S/C9H16OS/c10-5-9(7-1-2-7)8-3-4-11-6-8/h7-10H,1-6H2. The zero-order valence-corrected chi connectivity index (χ0v) is 7.65. The van der Waals surface area contributed by atoms with Gasteiger partial charge < -0.3 is 5.11 Å². The van der Waals surface area contributed by atoms with Crippen LogP contribution in [0.2, 0.25) is 0 Å². The van der Waals surface area contributed by atoms with Crippen molar-refractivity contribution in [1.29, 1.82) is 0 Å². The average Bonchev–Trinajstić information content (AvgIpc) is 2.68. The van der Waals surface area contributed by atoms with E-state index in [9.17, 15) is 5.11 Å². The van der Waals surface area contributed by atoms with Crippen LogP contribution in [0.3, 0.4) is 0 Å². The number of hydrogen-bond acceptors (Lipinski definition) is 2. The van der Waals surface area contributed by atoms with Gasteiger partial charge in [-0.1, -0.05) is 0 Å². The maximum Gasteiger partial charge on any atom is 0.0464 e. The van der Waals surface area contributed by atoms with Crippen LogP contribution in [0.1, 0.15) is 19.3 Å². The molecule has 0 aromatic heterocycles. The molecule has 1 nitrogen and oxygen atoms in total. The molecular weight excluding hydrogens is 156 g/mol. The molecule has 11 heavy (non-hydrogen) atoms. The lowest BCUT2D eigenvalue weighted by Gasteiger charge is -2.19. The van der Waals surface area contributed by atoms with Crippen molar-refractivity contribution in [1.82, 2.24) is 0 Å². The van der Waals surface area contributed by atoms with Gasteiger partial charge >= 0.3 is 0 Å². The predicted molar refractivity (Wildman–Crippen MR) is 48.7 cm³/mol. The summed E-state index contributed by atoms with van der Waals surface area (Å²) in [5.41, 5.74) is 0. The van der Waals surface area contributed by atoms with Crippen molar-refractivity contribution in [3.63, 3.8) is 0 Å². The lowest BCUT2D eigenvalue weighted by Crippen LogP contribution is -2.20. The third-order valence-electron chi connectivity index (χ3n) is 3.01. The van der Waals surface area contributed by atoms with Crippen molar-refractivity contribution in [3.05, 3.63) is 0 Å². The first-order valence-electron chi connectivity index (χ1n) is 4.60. The van der Waals surface area contributed by atoms with Gasteiger partial charge in [0.25, 0.3) is 0 Å². The zero-order valence-electron chi connectivity index (χ0n) is 6.83. The van der Waals surface area contributed by atoms with E-state index in [-0.39, 0.29) is 0 Å². The van der Waals surface area contributed by atoms with Gasteiger partial charge in [-0.3, -0.25) is 0 Å². The van der Waals surface area contributed by atoms with E-state index in [1.807, 2.05) is 0 Å². The highest BCUT2D eigenvalue weighted by molar-refractivity contribution is 7.99. The highest BCUT2D eigenvalue weighted by atomic mass is 32.2. The first-order valence-corrected chi connectivity index (χ1v) is 5.76. The van der Waals surface area contributed by atoms with Gasteiger partial charge in [0.1, 0.15) is 0 Å². The van der Waals surface area contributed by atoms with Gasteiger partial charge in [0, 0.05) is 6.61 Å². The molecule has 2 rings (SSSR count). The average molecular weight is 172 g/mol. The molecule has 64 valence electrons. The number of hydrogen-bond donors (Lipinski definition) is 1. The van der Waals surface area contributed by atoms with E-state index in [4.69, 9.17) is 0 Å². The van der Waals surface area contributed by atoms with Gasteiger partial charge in [-0.15, -0.1) is 0 Å². The van der Waals surface area contributed by atoms with Crippen LogP contribution in [0.4, 0.5) is 0 Å². The molecule has 2 fully saturated rings. The minimum absolute atomic E-state index is 0.440. The Morgan fingerprint density at radius 2 is 2.09 bits per heavy atom. The number of aliphatic hydroxyl groups excluding tert-OH is 1. The summed E-state index contributed by atoms with van der Waals surface area (Å²) in [5.74, 6) is 5.03. The Balaban J connectivity index is 1.87. The van der Waals surface area contributed by atoms with Gasteiger partial charge in [0.05, 0.1) is 0 Å². The summed E-state index contributed by atoms with van der Waals surface area (Å²) in [4.78, 5) is 0. The smallest absolute Gasteiger partial charge is 0.0464 e. The maximum atomic E-state index is 9.19. The van der Waals surface area contributed by atoms with Gasteiger partial charge in [0.15, 0.2) is 0 Å². The Morgan fingerprint density at radius 1 is 1.27 bits per heavy atom. The summed E-state index contributed by atoms with van der Waals surface area (Å²) < 4.78 is 0. The van der Waals surface area contributed by atoms with Crippen molar-refractivity contribution in [2.75, 3.05) is 18.1 Å². The van der Waals surface area contributed by atoms with E-state index in [1.54, 1.807) is 0 Å². The van der Waals surface area contributed by atoms with Crippen LogP contribution in [0, 0.1) is 17.8 Å². The molecule has 0 aromatic carbocycles. The monoisotopic (exact) mass is 172 g/mol. The lowest BCUT2D eigenvalue weighted by molar-refractivity contribution is 0.166. The Kier molecular flexibility index (Phi) is 2.42. The van der Waals surface area contributed by atoms with Crippen LogP contribution in [0.15, 0.2) is 0 Å². The highest BCUT2D eigenvalue weighted by Crippen LogP contribution is 2.44. The minimum Gasteiger partial charge on any atom is -0.396 e. The molecule has 2 atom stereocenters. The van der Waals surface area contributed by atoms with Crippen molar-refractivity contribution in [2.24, 2.45) is 17.8 Å². The molecule has 2 aliphatic rings. The lowest BCUT2D eigenvalue weighted by atomic mass is 9.88. The van der Waals surface area contributed by atoms with Gasteiger partial charge in [-0.2, -0.15) is 11.8 Å². The molecule has 0 bridgehead atoms. The molecular formula is C9H16OS.